The van der Waals surface area contributed by atoms with Crippen molar-refractivity contribution >= 4 is 23.1 Å². The summed E-state index contributed by atoms with van der Waals surface area (Å²) in [6.45, 7) is 6.04. The molecule has 1 aliphatic carbocycles. The second-order valence-electron chi connectivity index (χ2n) is 10.7. The van der Waals surface area contributed by atoms with Gasteiger partial charge in [0.05, 0.1) is 23.1 Å². The largest absolute Gasteiger partial charge is 0.489 e. The monoisotopic (exact) mass is 591 g/mol. The highest BCUT2D eigenvalue weighted by molar-refractivity contribution is 6.30. The lowest BCUT2D eigenvalue weighted by Gasteiger charge is -2.40. The topological polar surface area (TPSA) is 79.3 Å². The van der Waals surface area contributed by atoms with Crippen molar-refractivity contribution < 1.29 is 22.7 Å². The number of hydrogen-bond acceptors (Lipinski definition) is 5. The molecule has 0 saturated heterocycles. The molecule has 0 amide bonds. The average Bonchev–Trinajstić information content (AvgIpc) is 2.93. The van der Waals surface area contributed by atoms with E-state index < -0.39 is 17.7 Å². The maximum Gasteiger partial charge on any atom is 0.416 e. The summed E-state index contributed by atoms with van der Waals surface area (Å²) in [4.78, 5) is 15.1. The Morgan fingerprint density at radius 2 is 1.79 bits per heavy atom. The van der Waals surface area contributed by atoms with Crippen LogP contribution < -0.4 is 15.4 Å². The number of nitrogens with two attached hydrogens (primary N) is 1. The third-order valence-electron chi connectivity index (χ3n) is 7.90. The standard InChI is InChI=1S/C33H29ClF3N3O2/c1-18-13-21(17-42-29-12-9-23(34)15-19(29)2)20(3)25(14-18)30-26(16-38)32(39)40(27-5-4-6-28(41)31(27)30)24-10-7-22(8-11-24)33(35,36)37/h7-15,30H,4-6,17,39H2,1-3H3. The van der Waals surface area contributed by atoms with Gasteiger partial charge in [-0.2, -0.15) is 18.4 Å². The van der Waals surface area contributed by atoms with Gasteiger partial charge in [-0.15, -0.1) is 0 Å². The lowest BCUT2D eigenvalue weighted by molar-refractivity contribution is -0.137. The van der Waals surface area contributed by atoms with Crippen LogP contribution in [0.15, 0.2) is 77.3 Å². The zero-order valence-electron chi connectivity index (χ0n) is 23.4. The van der Waals surface area contributed by atoms with Crippen LogP contribution >= 0.6 is 11.6 Å². The molecule has 0 saturated carbocycles. The van der Waals surface area contributed by atoms with E-state index in [0.717, 1.165) is 39.9 Å². The summed E-state index contributed by atoms with van der Waals surface area (Å²) < 4.78 is 45.9. The van der Waals surface area contributed by atoms with E-state index in [1.54, 1.807) is 11.0 Å². The maximum absolute atomic E-state index is 13.6. The van der Waals surface area contributed by atoms with Crippen molar-refractivity contribution in [3.05, 3.63) is 116 Å². The Balaban J connectivity index is 1.61. The summed E-state index contributed by atoms with van der Waals surface area (Å²) >= 11 is 6.09. The molecule has 0 radical (unpaired) electrons. The second-order valence-corrected chi connectivity index (χ2v) is 11.1. The number of ketones is 1. The number of Topliss-reactive ketones (excluding diaryl/α,β-unsaturated/α-hetero) is 1. The first-order valence-electron chi connectivity index (χ1n) is 13.5. The third-order valence-corrected chi connectivity index (χ3v) is 8.13. The molecule has 216 valence electrons. The molecule has 5 nitrogen and oxygen atoms in total. The van der Waals surface area contributed by atoms with Crippen LogP contribution in [0.4, 0.5) is 18.9 Å². The van der Waals surface area contributed by atoms with E-state index in [9.17, 15) is 23.2 Å². The third kappa shape index (κ3) is 5.37. The van der Waals surface area contributed by atoms with Gasteiger partial charge in [0.1, 0.15) is 18.2 Å². The van der Waals surface area contributed by atoms with Gasteiger partial charge >= 0.3 is 6.18 Å². The van der Waals surface area contributed by atoms with Crippen molar-refractivity contribution in [2.75, 3.05) is 4.90 Å². The van der Waals surface area contributed by atoms with Gasteiger partial charge in [0, 0.05) is 28.4 Å². The summed E-state index contributed by atoms with van der Waals surface area (Å²) in [6, 6.07) is 16.2. The zero-order chi connectivity index (χ0) is 30.3. The number of halogens is 4. The van der Waals surface area contributed by atoms with Crippen LogP contribution in [0.5, 0.6) is 5.75 Å². The van der Waals surface area contributed by atoms with Crippen molar-refractivity contribution in [2.24, 2.45) is 5.73 Å². The van der Waals surface area contributed by atoms with Crippen LogP contribution in [0.2, 0.25) is 5.02 Å². The first kappa shape index (κ1) is 29.3. The Morgan fingerprint density at radius 3 is 2.43 bits per heavy atom. The molecule has 1 heterocycles. The first-order valence-corrected chi connectivity index (χ1v) is 13.9. The van der Waals surface area contributed by atoms with Crippen LogP contribution in [0.25, 0.3) is 0 Å². The molecule has 42 heavy (non-hydrogen) atoms. The highest BCUT2D eigenvalue weighted by Crippen LogP contribution is 2.47. The number of carbonyl (C=O) groups is 1. The Kier molecular flexibility index (Phi) is 7.82. The number of allylic oxidation sites excluding steroid dienone is 3. The number of nitrogens with zero attached hydrogens (tertiary/aromatic N) is 2. The fourth-order valence-electron chi connectivity index (χ4n) is 5.84. The number of benzene rings is 3. The number of ether oxygens (including phenoxy) is 1. The van der Waals surface area contributed by atoms with Crippen molar-refractivity contribution in [2.45, 2.75) is 58.7 Å². The number of anilines is 1. The molecule has 0 fully saturated rings. The van der Waals surface area contributed by atoms with Crippen LogP contribution in [0.3, 0.4) is 0 Å². The Labute approximate surface area is 247 Å². The maximum atomic E-state index is 13.6. The number of rotatable bonds is 5. The second kappa shape index (κ2) is 11.2. The molecule has 3 aromatic rings. The molecule has 2 N–H and O–H groups in total. The van der Waals surface area contributed by atoms with E-state index in [2.05, 4.69) is 6.07 Å². The van der Waals surface area contributed by atoms with Gasteiger partial charge < -0.3 is 10.5 Å². The van der Waals surface area contributed by atoms with Crippen LogP contribution in [0, 0.1) is 32.1 Å². The molecule has 3 aromatic carbocycles. The molecule has 0 aromatic heterocycles. The molecule has 1 unspecified atom stereocenters. The van der Waals surface area contributed by atoms with Crippen molar-refractivity contribution in [3.8, 4) is 11.8 Å². The van der Waals surface area contributed by atoms with Crippen molar-refractivity contribution in [1.29, 1.82) is 5.26 Å². The molecular weight excluding hydrogens is 563 g/mol. The van der Waals surface area contributed by atoms with Crippen LogP contribution in [-0.2, 0) is 17.6 Å². The van der Waals surface area contributed by atoms with Gasteiger partial charge in [-0.3, -0.25) is 9.69 Å². The molecule has 0 spiro atoms. The highest BCUT2D eigenvalue weighted by Gasteiger charge is 2.41. The highest BCUT2D eigenvalue weighted by atomic mass is 35.5. The Morgan fingerprint density at radius 1 is 1.07 bits per heavy atom. The van der Waals surface area contributed by atoms with E-state index in [1.165, 1.54) is 12.1 Å². The normalized spacial score (nSPS) is 17.3. The van der Waals surface area contributed by atoms with Gasteiger partial charge in [-0.25, -0.2) is 0 Å². The van der Waals surface area contributed by atoms with E-state index in [1.807, 2.05) is 45.0 Å². The lowest BCUT2D eigenvalue weighted by Crippen LogP contribution is -2.39. The summed E-state index contributed by atoms with van der Waals surface area (Å²) in [5, 5.41) is 11.0. The van der Waals surface area contributed by atoms with E-state index >= 15 is 0 Å². The molecule has 9 heteroatoms. The number of alkyl halides is 3. The van der Waals surface area contributed by atoms with E-state index in [4.69, 9.17) is 22.1 Å². The molecule has 1 aliphatic heterocycles. The molecule has 0 bridgehead atoms. The van der Waals surface area contributed by atoms with Crippen LogP contribution in [-0.4, -0.2) is 5.78 Å². The number of hydrogen-bond donors (Lipinski definition) is 1. The fraction of sp³-hybridized carbons (Fsp3) is 0.273. The van der Waals surface area contributed by atoms with Gasteiger partial charge in [0.15, 0.2) is 5.78 Å². The zero-order valence-corrected chi connectivity index (χ0v) is 24.2. The summed E-state index contributed by atoms with van der Waals surface area (Å²) in [5.74, 6) is -0.0134. The first-order chi connectivity index (χ1) is 19.9. The summed E-state index contributed by atoms with van der Waals surface area (Å²) in [5.41, 5.74) is 11.8. The van der Waals surface area contributed by atoms with Gasteiger partial charge in [-0.05, 0) is 98.3 Å². The Hall–Kier alpha value is -4.22. The van der Waals surface area contributed by atoms with Gasteiger partial charge in [-0.1, -0.05) is 29.3 Å². The minimum Gasteiger partial charge on any atom is -0.489 e. The van der Waals surface area contributed by atoms with E-state index in [-0.39, 0.29) is 23.8 Å². The number of nitriles is 1. The summed E-state index contributed by atoms with van der Waals surface area (Å²) in [6.07, 6.45) is -3.12. The SMILES string of the molecule is Cc1cc(COc2ccc(Cl)cc2C)c(C)c(C2C(C#N)=C(N)N(c3ccc(C(F)(F)F)cc3)C3=C2C(=O)CCC3)c1. The minimum atomic E-state index is -4.49. The smallest absolute Gasteiger partial charge is 0.416 e. The quantitative estimate of drug-likeness (QED) is 0.324. The Bertz CT molecular complexity index is 1680. The summed E-state index contributed by atoms with van der Waals surface area (Å²) in [7, 11) is 0. The predicted molar refractivity (Wildman–Crippen MR) is 156 cm³/mol. The lowest BCUT2D eigenvalue weighted by atomic mass is 9.73. The van der Waals surface area contributed by atoms with Crippen molar-refractivity contribution in [3.63, 3.8) is 0 Å². The van der Waals surface area contributed by atoms with E-state index in [0.29, 0.717) is 47.0 Å². The van der Waals surface area contributed by atoms with Gasteiger partial charge in [0.2, 0.25) is 0 Å². The van der Waals surface area contributed by atoms with Gasteiger partial charge in [0.25, 0.3) is 0 Å². The number of aryl methyl sites for hydroxylation is 2. The minimum absolute atomic E-state index is 0.103. The fourth-order valence-corrected chi connectivity index (χ4v) is 6.06. The van der Waals surface area contributed by atoms with Crippen molar-refractivity contribution in [1.82, 2.24) is 0 Å². The average molecular weight is 592 g/mol. The molecule has 2 aliphatic rings. The number of carbonyl (C=O) groups excluding carboxylic acids is 1. The molecule has 1 atom stereocenters. The molecular formula is C33H29ClF3N3O2. The molecule has 5 rings (SSSR count). The predicted octanol–water partition coefficient (Wildman–Crippen LogP) is 8.17. The van der Waals surface area contributed by atoms with Crippen LogP contribution in [0.1, 0.15) is 58.6 Å².